The van der Waals surface area contributed by atoms with E-state index in [1.165, 1.54) is 84.2 Å². The van der Waals surface area contributed by atoms with Gasteiger partial charge in [0.25, 0.3) is 0 Å². The van der Waals surface area contributed by atoms with Crippen molar-refractivity contribution in [2.75, 3.05) is 39.3 Å². The maximum atomic E-state index is 2.65. The molecule has 1 rings (SSSR count). The Morgan fingerprint density at radius 2 is 1.05 bits per heavy atom. The van der Waals surface area contributed by atoms with E-state index in [2.05, 4.69) is 37.5 Å². The monoisotopic (exact) mass is 270 g/mol. The molecule has 0 aromatic carbocycles. The Kier molecular flexibility index (Phi) is 14.3. The molecule has 0 aromatic heterocycles. The SMILES string of the molecule is CCC.CCCCCCCN1CCN(CCC)CC1. The highest BCUT2D eigenvalue weighted by molar-refractivity contribution is 4.71. The van der Waals surface area contributed by atoms with Crippen LogP contribution in [0.5, 0.6) is 0 Å². The van der Waals surface area contributed by atoms with Crippen LogP contribution in [0.25, 0.3) is 0 Å². The summed E-state index contributed by atoms with van der Waals surface area (Å²) in [5.74, 6) is 0. The van der Waals surface area contributed by atoms with Crippen molar-refractivity contribution >= 4 is 0 Å². The molecule has 1 fully saturated rings. The van der Waals surface area contributed by atoms with E-state index < -0.39 is 0 Å². The summed E-state index contributed by atoms with van der Waals surface area (Å²) in [6.45, 7) is 16.6. The van der Waals surface area contributed by atoms with Gasteiger partial charge in [-0.25, -0.2) is 0 Å². The number of rotatable bonds is 8. The summed E-state index contributed by atoms with van der Waals surface area (Å²) in [6.07, 6.45) is 9.61. The number of unbranched alkanes of at least 4 members (excludes halogenated alkanes) is 4. The molecule has 0 aromatic rings. The van der Waals surface area contributed by atoms with E-state index in [0.29, 0.717) is 0 Å². The summed E-state index contributed by atoms with van der Waals surface area (Å²) >= 11 is 0. The maximum absolute atomic E-state index is 2.65. The van der Waals surface area contributed by atoms with Crippen molar-refractivity contribution in [3.8, 4) is 0 Å². The zero-order valence-corrected chi connectivity index (χ0v) is 14.1. The molecule has 19 heavy (non-hydrogen) atoms. The van der Waals surface area contributed by atoms with Crippen molar-refractivity contribution in [2.45, 2.75) is 72.6 Å². The third-order valence-electron chi connectivity index (χ3n) is 3.58. The Hall–Kier alpha value is -0.0800. The molecule has 1 aliphatic rings. The topological polar surface area (TPSA) is 6.48 Å². The first-order valence-electron chi connectivity index (χ1n) is 8.73. The second kappa shape index (κ2) is 14.3. The third kappa shape index (κ3) is 11.4. The first-order chi connectivity index (χ1) is 9.28. The fourth-order valence-corrected chi connectivity index (χ4v) is 2.49. The van der Waals surface area contributed by atoms with E-state index in [0.717, 1.165) is 0 Å². The lowest BCUT2D eigenvalue weighted by atomic mass is 10.1. The van der Waals surface area contributed by atoms with E-state index >= 15 is 0 Å². The molecule has 2 nitrogen and oxygen atoms in total. The van der Waals surface area contributed by atoms with Crippen LogP contribution in [0, 0.1) is 0 Å². The average molecular weight is 271 g/mol. The summed E-state index contributed by atoms with van der Waals surface area (Å²) in [5, 5.41) is 0. The Balaban J connectivity index is 0.000000982. The minimum absolute atomic E-state index is 1.25. The van der Waals surface area contributed by atoms with Crippen LogP contribution < -0.4 is 0 Å². The van der Waals surface area contributed by atoms with Crippen LogP contribution in [0.1, 0.15) is 72.6 Å². The van der Waals surface area contributed by atoms with Gasteiger partial charge in [0.2, 0.25) is 0 Å². The number of nitrogens with zero attached hydrogens (tertiary/aromatic N) is 2. The van der Waals surface area contributed by atoms with Gasteiger partial charge in [-0.2, -0.15) is 0 Å². The quantitative estimate of drug-likeness (QED) is 0.603. The predicted molar refractivity (Wildman–Crippen MR) is 87.9 cm³/mol. The molecule has 0 aliphatic carbocycles. The smallest absolute Gasteiger partial charge is 0.0110 e. The van der Waals surface area contributed by atoms with Gasteiger partial charge in [0.15, 0.2) is 0 Å². The Labute approximate surface area is 122 Å². The first-order valence-corrected chi connectivity index (χ1v) is 8.73. The summed E-state index contributed by atoms with van der Waals surface area (Å²) < 4.78 is 0. The van der Waals surface area contributed by atoms with Gasteiger partial charge in [0.1, 0.15) is 0 Å². The zero-order chi connectivity index (χ0) is 14.3. The standard InChI is InChI=1S/C14H30N2.C3H8/c1-3-5-6-7-8-10-16-13-11-15(9-4-2)12-14-16;1-3-2/h3-14H2,1-2H3;3H2,1-2H3. The highest BCUT2D eigenvalue weighted by Gasteiger charge is 2.14. The van der Waals surface area contributed by atoms with Gasteiger partial charge >= 0.3 is 0 Å². The Bertz CT molecular complexity index is 163. The lowest BCUT2D eigenvalue weighted by Gasteiger charge is -2.34. The number of piperazine rings is 1. The van der Waals surface area contributed by atoms with Crippen LogP contribution >= 0.6 is 0 Å². The largest absolute Gasteiger partial charge is 0.301 e. The van der Waals surface area contributed by atoms with Gasteiger partial charge in [-0.05, 0) is 25.9 Å². The molecular formula is C17H38N2. The fourth-order valence-electron chi connectivity index (χ4n) is 2.49. The molecule has 0 radical (unpaired) electrons. The Morgan fingerprint density at radius 1 is 0.579 bits per heavy atom. The van der Waals surface area contributed by atoms with Crippen molar-refractivity contribution in [3.05, 3.63) is 0 Å². The molecular weight excluding hydrogens is 232 g/mol. The second-order valence-electron chi connectivity index (χ2n) is 5.80. The molecule has 0 saturated carbocycles. The van der Waals surface area contributed by atoms with Crippen LogP contribution in [0.3, 0.4) is 0 Å². The highest BCUT2D eigenvalue weighted by Crippen LogP contribution is 2.07. The van der Waals surface area contributed by atoms with Crippen LogP contribution in [0.15, 0.2) is 0 Å². The number of hydrogen-bond acceptors (Lipinski definition) is 2. The van der Waals surface area contributed by atoms with Crippen molar-refractivity contribution in [1.82, 2.24) is 9.80 Å². The van der Waals surface area contributed by atoms with Crippen molar-refractivity contribution in [3.63, 3.8) is 0 Å². The molecule has 0 spiro atoms. The fraction of sp³-hybridized carbons (Fsp3) is 1.00. The maximum Gasteiger partial charge on any atom is 0.0110 e. The van der Waals surface area contributed by atoms with Gasteiger partial charge in [-0.15, -0.1) is 0 Å². The van der Waals surface area contributed by atoms with Gasteiger partial charge in [0, 0.05) is 26.2 Å². The molecule has 0 unspecified atom stereocenters. The lowest BCUT2D eigenvalue weighted by molar-refractivity contribution is 0.131. The summed E-state index contributed by atoms with van der Waals surface area (Å²) in [5.41, 5.74) is 0. The normalized spacial score (nSPS) is 17.1. The zero-order valence-electron chi connectivity index (χ0n) is 14.1. The van der Waals surface area contributed by atoms with E-state index in [-0.39, 0.29) is 0 Å². The first kappa shape index (κ1) is 18.9. The van der Waals surface area contributed by atoms with Crippen LogP contribution in [0.2, 0.25) is 0 Å². The molecule has 0 atom stereocenters. The highest BCUT2D eigenvalue weighted by atomic mass is 15.3. The number of hydrogen-bond donors (Lipinski definition) is 0. The third-order valence-corrected chi connectivity index (χ3v) is 3.58. The molecule has 1 heterocycles. The van der Waals surface area contributed by atoms with Crippen molar-refractivity contribution < 1.29 is 0 Å². The molecule has 116 valence electrons. The van der Waals surface area contributed by atoms with Gasteiger partial charge < -0.3 is 9.80 Å². The molecule has 2 heteroatoms. The van der Waals surface area contributed by atoms with Crippen LogP contribution in [0.4, 0.5) is 0 Å². The molecule has 1 saturated heterocycles. The van der Waals surface area contributed by atoms with Crippen molar-refractivity contribution in [1.29, 1.82) is 0 Å². The lowest BCUT2D eigenvalue weighted by Crippen LogP contribution is -2.46. The second-order valence-corrected chi connectivity index (χ2v) is 5.80. The van der Waals surface area contributed by atoms with E-state index in [4.69, 9.17) is 0 Å². The molecule has 0 bridgehead atoms. The van der Waals surface area contributed by atoms with Gasteiger partial charge in [0.05, 0.1) is 0 Å². The Morgan fingerprint density at radius 3 is 1.53 bits per heavy atom. The molecule has 0 N–H and O–H groups in total. The van der Waals surface area contributed by atoms with Gasteiger partial charge in [-0.3, -0.25) is 0 Å². The molecule has 1 aliphatic heterocycles. The van der Waals surface area contributed by atoms with Crippen LogP contribution in [-0.4, -0.2) is 49.1 Å². The van der Waals surface area contributed by atoms with Crippen LogP contribution in [-0.2, 0) is 0 Å². The minimum atomic E-state index is 1.25. The van der Waals surface area contributed by atoms with E-state index in [9.17, 15) is 0 Å². The minimum Gasteiger partial charge on any atom is -0.301 e. The van der Waals surface area contributed by atoms with Crippen molar-refractivity contribution in [2.24, 2.45) is 0 Å². The predicted octanol–water partition coefficient (Wildman–Crippen LogP) is 4.40. The summed E-state index contributed by atoms with van der Waals surface area (Å²) in [4.78, 5) is 5.26. The summed E-state index contributed by atoms with van der Waals surface area (Å²) in [7, 11) is 0. The van der Waals surface area contributed by atoms with E-state index in [1.54, 1.807) is 0 Å². The van der Waals surface area contributed by atoms with Gasteiger partial charge in [-0.1, -0.05) is 59.8 Å². The van der Waals surface area contributed by atoms with E-state index in [1.807, 2.05) is 0 Å². The average Bonchev–Trinajstić information content (AvgIpc) is 2.42. The molecule has 0 amide bonds. The summed E-state index contributed by atoms with van der Waals surface area (Å²) in [6, 6.07) is 0.